The number of nitrogens with one attached hydrogen (secondary N) is 3. The molecule has 3 N–H and O–H groups in total. The van der Waals surface area contributed by atoms with Gasteiger partial charge < -0.3 is 30.2 Å². The molecule has 9 nitrogen and oxygen atoms in total. The van der Waals surface area contributed by atoms with Crippen LogP contribution in [-0.2, 0) is 30.3 Å². The molecule has 0 radical (unpaired) electrons. The molecule has 0 bridgehead atoms. The van der Waals surface area contributed by atoms with Gasteiger partial charge in [0.2, 0.25) is 11.8 Å². The van der Waals surface area contributed by atoms with E-state index in [1.165, 1.54) is 0 Å². The Morgan fingerprint density at radius 2 is 1.95 bits per heavy atom. The average molecular weight is 562 g/mol. The molecule has 2 aliphatic heterocycles. The fourth-order valence-electron chi connectivity index (χ4n) is 5.98. The van der Waals surface area contributed by atoms with E-state index in [9.17, 15) is 19.2 Å². The molecule has 1 aromatic carbocycles. The predicted octanol–water partition coefficient (Wildman–Crippen LogP) is 3.71. The van der Waals surface area contributed by atoms with Crippen molar-refractivity contribution in [1.29, 1.82) is 0 Å². The van der Waals surface area contributed by atoms with Crippen molar-refractivity contribution in [2.75, 3.05) is 13.2 Å². The second-order valence-corrected chi connectivity index (χ2v) is 12.3. The number of hydrogen-bond donors (Lipinski definition) is 3. The first kappa shape index (κ1) is 29.3. The van der Waals surface area contributed by atoms with Crippen LogP contribution in [-0.4, -0.2) is 60.6 Å². The zero-order valence-electron chi connectivity index (χ0n) is 22.8. The lowest BCUT2D eigenvalue weighted by Crippen LogP contribution is -2.53. The Morgan fingerprint density at radius 3 is 2.56 bits per heavy atom. The monoisotopic (exact) mass is 561 g/mol. The minimum absolute atomic E-state index is 0.0936. The number of carbonyl (C=O) groups excluding carboxylic acids is 4. The van der Waals surface area contributed by atoms with Crippen molar-refractivity contribution in [2.45, 2.75) is 94.9 Å². The first-order valence-electron chi connectivity index (χ1n) is 14.0. The van der Waals surface area contributed by atoms with Crippen molar-refractivity contribution in [3.8, 4) is 0 Å². The van der Waals surface area contributed by atoms with Gasteiger partial charge in [-0.2, -0.15) is 0 Å². The molecule has 3 aliphatic rings. The van der Waals surface area contributed by atoms with Gasteiger partial charge in [-0.25, -0.2) is 4.79 Å². The number of benzene rings is 1. The van der Waals surface area contributed by atoms with E-state index in [1.54, 1.807) is 6.07 Å². The van der Waals surface area contributed by atoms with Crippen LogP contribution in [0.3, 0.4) is 0 Å². The Morgan fingerprint density at radius 1 is 1.21 bits per heavy atom. The minimum Gasteiger partial charge on any atom is -0.443 e. The molecule has 1 saturated carbocycles. The van der Waals surface area contributed by atoms with Crippen LogP contribution in [0.1, 0.15) is 70.8 Å². The third-order valence-electron chi connectivity index (χ3n) is 8.18. The molecule has 10 heteroatoms. The van der Waals surface area contributed by atoms with Crippen molar-refractivity contribution < 1.29 is 28.7 Å². The second-order valence-electron chi connectivity index (χ2n) is 11.8. The van der Waals surface area contributed by atoms with Crippen LogP contribution in [0.25, 0.3) is 0 Å². The fourth-order valence-corrected chi connectivity index (χ4v) is 6.19. The lowest BCUT2D eigenvalue weighted by atomic mass is 9.76. The van der Waals surface area contributed by atoms with Gasteiger partial charge in [0, 0.05) is 36.1 Å². The molecule has 1 unspecified atom stereocenters. The van der Waals surface area contributed by atoms with Crippen LogP contribution >= 0.6 is 11.6 Å². The standard InChI is InChI=1S/C29H40ClN3O6/c1-19(2)13-24(32-27(37)39-29(7-4-8-29)16-20-5-3-6-22(30)14-20)26(36)31-23(18-34)15-21-17-28(33-25(21)35)9-11-38-12-10-28/h3,5-6,14,18-19,21,23-24H,4,7-13,15-17H2,1-2H3,(H,31,36)(H,32,37)(H,33,35)/t21?,23-,24-/m0/s1. The molecule has 2 saturated heterocycles. The highest BCUT2D eigenvalue weighted by atomic mass is 35.5. The van der Waals surface area contributed by atoms with E-state index in [0.717, 1.165) is 37.7 Å². The van der Waals surface area contributed by atoms with E-state index in [2.05, 4.69) is 16.0 Å². The van der Waals surface area contributed by atoms with Crippen molar-refractivity contribution in [2.24, 2.45) is 11.8 Å². The van der Waals surface area contributed by atoms with Gasteiger partial charge >= 0.3 is 6.09 Å². The summed E-state index contributed by atoms with van der Waals surface area (Å²) >= 11 is 6.13. The first-order valence-corrected chi connectivity index (χ1v) is 14.4. The number of amides is 3. The summed E-state index contributed by atoms with van der Waals surface area (Å²) in [6.07, 6.45) is 5.67. The highest BCUT2D eigenvalue weighted by molar-refractivity contribution is 6.30. The molecule has 4 rings (SSSR count). The summed E-state index contributed by atoms with van der Waals surface area (Å²) in [5.41, 5.74) is 0.0687. The molecular formula is C29H40ClN3O6. The van der Waals surface area contributed by atoms with Gasteiger partial charge in [-0.15, -0.1) is 0 Å². The normalized spacial score (nSPS) is 22.9. The summed E-state index contributed by atoms with van der Waals surface area (Å²) in [5.74, 6) is -0.822. The van der Waals surface area contributed by atoms with E-state index in [4.69, 9.17) is 21.1 Å². The molecular weight excluding hydrogens is 522 g/mol. The van der Waals surface area contributed by atoms with Crippen LogP contribution in [0.15, 0.2) is 24.3 Å². The number of carbonyl (C=O) groups is 4. The quantitative estimate of drug-likeness (QED) is 0.354. The lowest BCUT2D eigenvalue weighted by molar-refractivity contribution is -0.128. The largest absolute Gasteiger partial charge is 0.443 e. The number of rotatable bonds is 11. The maximum atomic E-state index is 13.2. The molecule has 0 aromatic heterocycles. The van der Waals surface area contributed by atoms with Crippen molar-refractivity contribution >= 4 is 35.8 Å². The van der Waals surface area contributed by atoms with Crippen molar-refractivity contribution in [3.63, 3.8) is 0 Å². The van der Waals surface area contributed by atoms with Gasteiger partial charge in [0.05, 0.1) is 6.04 Å². The molecule has 1 aromatic rings. The summed E-state index contributed by atoms with van der Waals surface area (Å²) < 4.78 is 11.3. The maximum Gasteiger partial charge on any atom is 0.408 e. The minimum atomic E-state index is -0.873. The Labute approximate surface area is 235 Å². The van der Waals surface area contributed by atoms with Crippen molar-refractivity contribution in [3.05, 3.63) is 34.9 Å². The number of hydrogen-bond acceptors (Lipinski definition) is 6. The first-order chi connectivity index (χ1) is 18.6. The number of alkyl carbamates (subject to hydrolysis) is 1. The highest BCUT2D eigenvalue weighted by Crippen LogP contribution is 2.39. The van der Waals surface area contributed by atoms with Gasteiger partial charge in [-0.05, 0) is 75.0 Å². The van der Waals surface area contributed by atoms with Gasteiger partial charge in [0.25, 0.3) is 0 Å². The van der Waals surface area contributed by atoms with Gasteiger partial charge in [-0.3, -0.25) is 9.59 Å². The smallest absolute Gasteiger partial charge is 0.408 e. The van der Waals surface area contributed by atoms with E-state index in [0.29, 0.717) is 43.8 Å². The summed E-state index contributed by atoms with van der Waals surface area (Å²) in [5, 5.41) is 9.23. The molecule has 2 heterocycles. The summed E-state index contributed by atoms with van der Waals surface area (Å²) in [4.78, 5) is 50.8. The average Bonchev–Trinajstić information content (AvgIpc) is 3.15. The van der Waals surface area contributed by atoms with E-state index < -0.39 is 29.7 Å². The zero-order valence-corrected chi connectivity index (χ0v) is 23.6. The topological polar surface area (TPSA) is 123 Å². The molecule has 39 heavy (non-hydrogen) atoms. The number of aldehydes is 1. The molecule has 3 atom stereocenters. The van der Waals surface area contributed by atoms with E-state index in [1.807, 2.05) is 32.0 Å². The number of ether oxygens (including phenoxy) is 2. The Kier molecular flexibility index (Phi) is 9.54. The predicted molar refractivity (Wildman–Crippen MR) is 146 cm³/mol. The molecule has 214 valence electrons. The SMILES string of the molecule is CC(C)C[C@H](NC(=O)OC1(Cc2cccc(Cl)c2)CCC1)C(=O)N[C@H](C=O)CC1CC2(CCOCC2)NC1=O. The Bertz CT molecular complexity index is 1050. The van der Waals surface area contributed by atoms with Crippen molar-refractivity contribution in [1.82, 2.24) is 16.0 Å². The van der Waals surface area contributed by atoms with E-state index in [-0.39, 0.29) is 29.7 Å². The van der Waals surface area contributed by atoms with Crippen LogP contribution in [0.5, 0.6) is 0 Å². The number of halogens is 1. The van der Waals surface area contributed by atoms with Gasteiger partial charge in [0.15, 0.2) is 0 Å². The second kappa shape index (κ2) is 12.7. The van der Waals surface area contributed by atoms with Crippen LogP contribution in [0.4, 0.5) is 4.79 Å². The zero-order chi connectivity index (χ0) is 28.0. The van der Waals surface area contributed by atoms with Crippen LogP contribution < -0.4 is 16.0 Å². The molecule has 1 spiro atoms. The lowest BCUT2D eigenvalue weighted by Gasteiger charge is -2.41. The van der Waals surface area contributed by atoms with Crippen LogP contribution in [0, 0.1) is 11.8 Å². The Balaban J connectivity index is 1.34. The van der Waals surface area contributed by atoms with Crippen LogP contribution in [0.2, 0.25) is 5.02 Å². The molecule has 3 fully saturated rings. The van der Waals surface area contributed by atoms with Gasteiger partial charge in [0.1, 0.15) is 17.9 Å². The molecule has 3 amide bonds. The summed E-state index contributed by atoms with van der Waals surface area (Å²) in [7, 11) is 0. The van der Waals surface area contributed by atoms with Gasteiger partial charge in [-0.1, -0.05) is 37.6 Å². The maximum absolute atomic E-state index is 13.2. The third kappa shape index (κ3) is 7.72. The van der Waals surface area contributed by atoms with E-state index >= 15 is 0 Å². The fraction of sp³-hybridized carbons (Fsp3) is 0.655. The molecule has 1 aliphatic carbocycles. The highest BCUT2D eigenvalue weighted by Gasteiger charge is 2.46. The Hall–Kier alpha value is -2.65. The summed E-state index contributed by atoms with van der Waals surface area (Å²) in [6.45, 7) is 5.10. The summed E-state index contributed by atoms with van der Waals surface area (Å²) in [6, 6.07) is 5.78. The third-order valence-corrected chi connectivity index (χ3v) is 8.42.